The number of nitrogen functional groups attached to an aromatic ring is 1. The fourth-order valence-corrected chi connectivity index (χ4v) is 4.77. The highest BCUT2D eigenvalue weighted by atomic mass is 16.5. The number of carbonyl (C=O) groups is 2. The Hall–Kier alpha value is -3.84. The number of hydrogen-bond donors (Lipinski definition) is 4. The molecule has 7 heteroatoms. The van der Waals surface area contributed by atoms with Crippen molar-refractivity contribution in [2.24, 2.45) is 0 Å². The molecule has 3 aromatic carbocycles. The Bertz CT molecular complexity index is 1270. The first-order valence-electron chi connectivity index (χ1n) is 12.9. The average Bonchev–Trinajstić information content (AvgIpc) is 3.82. The van der Waals surface area contributed by atoms with Gasteiger partial charge in [-0.15, -0.1) is 0 Å². The predicted molar refractivity (Wildman–Crippen MR) is 145 cm³/mol. The van der Waals surface area contributed by atoms with E-state index in [9.17, 15) is 9.59 Å². The van der Waals surface area contributed by atoms with E-state index in [4.69, 9.17) is 10.5 Å². The predicted octanol–water partition coefficient (Wildman–Crippen LogP) is 5.29. The molecule has 0 heterocycles. The number of rotatable bonds is 9. The second kappa shape index (κ2) is 10.3. The van der Waals surface area contributed by atoms with Crippen molar-refractivity contribution in [3.05, 3.63) is 95.1 Å². The van der Waals surface area contributed by atoms with Crippen molar-refractivity contribution >= 4 is 23.4 Å². The fourth-order valence-electron chi connectivity index (χ4n) is 4.77. The summed E-state index contributed by atoms with van der Waals surface area (Å²) in [5, 5.41) is 9.44. The summed E-state index contributed by atoms with van der Waals surface area (Å²) in [6, 6.07) is 23.8. The molecule has 0 saturated heterocycles. The van der Waals surface area contributed by atoms with Crippen LogP contribution in [0.15, 0.2) is 72.8 Å². The van der Waals surface area contributed by atoms with Crippen LogP contribution < -0.4 is 21.7 Å². The molecule has 2 saturated carbocycles. The summed E-state index contributed by atoms with van der Waals surface area (Å²) >= 11 is 0. The molecular formula is C30H34N4O3. The lowest BCUT2D eigenvalue weighted by Gasteiger charge is -2.18. The molecule has 2 fully saturated rings. The van der Waals surface area contributed by atoms with Gasteiger partial charge in [0.25, 0.3) is 5.91 Å². The summed E-state index contributed by atoms with van der Waals surface area (Å²) in [4.78, 5) is 25.2. The Morgan fingerprint density at radius 1 is 1.00 bits per heavy atom. The SMILES string of the molecule is CC(C)N[C@H]1C[C@@H]1c1ccc(COC(=O)NC2(c3ccc(C(=O)Nc4ccccc4N)cc3)CC2)cc1. The number of amides is 2. The van der Waals surface area contributed by atoms with E-state index in [1.165, 1.54) is 12.0 Å². The Labute approximate surface area is 217 Å². The number of benzene rings is 3. The maximum absolute atomic E-state index is 12.6. The van der Waals surface area contributed by atoms with E-state index in [0.717, 1.165) is 24.0 Å². The zero-order valence-corrected chi connectivity index (χ0v) is 21.3. The minimum Gasteiger partial charge on any atom is -0.445 e. The lowest BCUT2D eigenvalue weighted by molar-refractivity contribution is 0.102. The van der Waals surface area contributed by atoms with Crippen LogP contribution in [0.3, 0.4) is 0 Å². The van der Waals surface area contributed by atoms with E-state index in [-0.39, 0.29) is 12.5 Å². The van der Waals surface area contributed by atoms with E-state index < -0.39 is 11.6 Å². The number of para-hydroxylation sites is 2. The minimum absolute atomic E-state index is 0.224. The summed E-state index contributed by atoms with van der Waals surface area (Å²) in [6.45, 7) is 4.57. The van der Waals surface area contributed by atoms with Gasteiger partial charge in [-0.1, -0.05) is 62.4 Å². The van der Waals surface area contributed by atoms with E-state index in [1.54, 1.807) is 24.3 Å². The smallest absolute Gasteiger partial charge is 0.408 e. The van der Waals surface area contributed by atoms with E-state index in [1.807, 2.05) is 36.4 Å². The molecule has 5 rings (SSSR count). The van der Waals surface area contributed by atoms with Crippen molar-refractivity contribution in [2.45, 2.75) is 63.3 Å². The molecule has 2 atom stereocenters. The second-order valence-corrected chi connectivity index (χ2v) is 10.4. The van der Waals surface area contributed by atoms with Crippen LogP contribution in [0.2, 0.25) is 0 Å². The standard InChI is InChI=1S/C30H34N4O3/c1-19(2)32-27-17-24(27)21-9-7-20(8-10-21)18-37-29(36)34-30(15-16-30)23-13-11-22(12-14-23)28(35)33-26-6-4-3-5-25(26)31/h3-14,19,24,27,32H,15-18,31H2,1-2H3,(H,33,35)(H,34,36)/t24-,27+/m1/s1. The number of nitrogens with one attached hydrogen (secondary N) is 3. The molecule has 0 radical (unpaired) electrons. The third-order valence-electron chi connectivity index (χ3n) is 7.12. The molecule has 2 amide bonds. The summed E-state index contributed by atoms with van der Waals surface area (Å²) < 4.78 is 5.52. The molecule has 0 aromatic heterocycles. The topological polar surface area (TPSA) is 105 Å². The van der Waals surface area contributed by atoms with Crippen LogP contribution in [0.5, 0.6) is 0 Å². The number of nitrogens with two attached hydrogens (primary N) is 1. The van der Waals surface area contributed by atoms with Crippen molar-refractivity contribution in [3.8, 4) is 0 Å². The van der Waals surface area contributed by atoms with E-state index in [2.05, 4.69) is 41.9 Å². The number of carbonyl (C=O) groups excluding carboxylic acids is 2. The molecule has 2 aliphatic carbocycles. The highest BCUT2D eigenvalue weighted by Crippen LogP contribution is 2.45. The number of alkyl carbamates (subject to hydrolysis) is 1. The largest absolute Gasteiger partial charge is 0.445 e. The monoisotopic (exact) mass is 498 g/mol. The lowest BCUT2D eigenvalue weighted by atomic mass is 10.0. The summed E-state index contributed by atoms with van der Waals surface area (Å²) in [7, 11) is 0. The molecule has 5 N–H and O–H groups in total. The second-order valence-electron chi connectivity index (χ2n) is 10.4. The van der Waals surface area contributed by atoms with Crippen molar-refractivity contribution in [2.75, 3.05) is 11.1 Å². The normalized spacial score (nSPS) is 19.2. The van der Waals surface area contributed by atoms with Gasteiger partial charge >= 0.3 is 6.09 Å². The van der Waals surface area contributed by atoms with E-state index >= 15 is 0 Å². The summed E-state index contributed by atoms with van der Waals surface area (Å²) in [5.41, 5.74) is 10.3. The van der Waals surface area contributed by atoms with Gasteiger partial charge in [-0.05, 0) is 60.2 Å². The van der Waals surface area contributed by atoms with Gasteiger partial charge < -0.3 is 26.4 Å². The maximum atomic E-state index is 12.6. The van der Waals surface area contributed by atoms with Crippen LogP contribution in [-0.2, 0) is 16.9 Å². The van der Waals surface area contributed by atoms with Gasteiger partial charge in [0.1, 0.15) is 6.61 Å². The molecule has 192 valence electrons. The number of anilines is 2. The number of hydrogen-bond acceptors (Lipinski definition) is 5. The van der Waals surface area contributed by atoms with Gasteiger partial charge in [0.2, 0.25) is 0 Å². The van der Waals surface area contributed by atoms with Gasteiger partial charge in [0, 0.05) is 23.6 Å². The van der Waals surface area contributed by atoms with Crippen LogP contribution in [-0.4, -0.2) is 24.1 Å². The van der Waals surface area contributed by atoms with Gasteiger partial charge in [-0.3, -0.25) is 4.79 Å². The first-order valence-corrected chi connectivity index (χ1v) is 12.9. The van der Waals surface area contributed by atoms with Crippen molar-refractivity contribution < 1.29 is 14.3 Å². The van der Waals surface area contributed by atoms with Crippen LogP contribution in [0, 0.1) is 0 Å². The third kappa shape index (κ3) is 5.94. The van der Waals surface area contributed by atoms with Gasteiger partial charge in [0.15, 0.2) is 0 Å². The van der Waals surface area contributed by atoms with Crippen molar-refractivity contribution in [1.82, 2.24) is 10.6 Å². The average molecular weight is 499 g/mol. The van der Waals surface area contributed by atoms with E-state index in [0.29, 0.717) is 34.9 Å². The molecule has 7 nitrogen and oxygen atoms in total. The zero-order valence-electron chi connectivity index (χ0n) is 21.3. The van der Waals surface area contributed by atoms with Gasteiger partial charge in [-0.2, -0.15) is 0 Å². The Morgan fingerprint density at radius 2 is 1.70 bits per heavy atom. The number of ether oxygens (including phenoxy) is 1. The summed E-state index contributed by atoms with van der Waals surface area (Å²) in [5.74, 6) is 0.338. The first kappa shape index (κ1) is 24.8. The fraction of sp³-hybridized carbons (Fsp3) is 0.333. The molecule has 3 aromatic rings. The van der Waals surface area contributed by atoms with Crippen molar-refractivity contribution in [1.29, 1.82) is 0 Å². The van der Waals surface area contributed by atoms with Crippen LogP contribution >= 0.6 is 0 Å². The lowest BCUT2D eigenvalue weighted by Crippen LogP contribution is -2.35. The Balaban J connectivity index is 1.12. The van der Waals surface area contributed by atoms with Gasteiger partial charge in [-0.25, -0.2) is 4.79 Å². The maximum Gasteiger partial charge on any atom is 0.408 e. The van der Waals surface area contributed by atoms with Crippen LogP contribution in [0.1, 0.15) is 66.1 Å². The molecule has 37 heavy (non-hydrogen) atoms. The van der Waals surface area contributed by atoms with Crippen LogP contribution in [0.4, 0.5) is 16.2 Å². The Morgan fingerprint density at radius 3 is 2.35 bits per heavy atom. The third-order valence-corrected chi connectivity index (χ3v) is 7.12. The van der Waals surface area contributed by atoms with Gasteiger partial charge in [0.05, 0.1) is 16.9 Å². The molecule has 0 unspecified atom stereocenters. The van der Waals surface area contributed by atoms with Crippen molar-refractivity contribution in [3.63, 3.8) is 0 Å². The zero-order chi connectivity index (χ0) is 26.0. The summed E-state index contributed by atoms with van der Waals surface area (Å²) in [6.07, 6.45) is 2.39. The quantitative estimate of drug-likeness (QED) is 0.300. The molecule has 0 spiro atoms. The van der Waals surface area contributed by atoms with Crippen LogP contribution in [0.25, 0.3) is 0 Å². The minimum atomic E-state index is -0.440. The first-order chi connectivity index (χ1) is 17.8. The molecule has 0 aliphatic heterocycles. The highest BCUT2D eigenvalue weighted by molar-refractivity contribution is 6.05. The molecular weight excluding hydrogens is 464 g/mol. The molecule has 0 bridgehead atoms. The Kier molecular flexibility index (Phi) is 6.89. The molecule has 2 aliphatic rings. The highest BCUT2D eigenvalue weighted by Gasteiger charge is 2.46.